The van der Waals surface area contributed by atoms with E-state index < -0.39 is 88.6 Å². The molecule has 0 spiro atoms. The Kier molecular flexibility index (Phi) is 7.44. The first-order valence-electron chi connectivity index (χ1n) is 12.5. The lowest BCUT2D eigenvalue weighted by atomic mass is 9.92. The molecule has 0 amide bonds. The zero-order chi connectivity index (χ0) is 27.5. The monoisotopic (exact) mass is 489 g/mol. The Balaban J connectivity index is 2.42. The zero-order valence-electron chi connectivity index (χ0n) is 21.9. The molecule has 0 aliphatic carbocycles. The van der Waals surface area contributed by atoms with Crippen molar-refractivity contribution in [1.82, 2.24) is 4.98 Å². The van der Waals surface area contributed by atoms with Gasteiger partial charge in [0.1, 0.15) is 12.7 Å². The number of rotatable bonds is 9. The van der Waals surface area contributed by atoms with E-state index in [1.807, 2.05) is 0 Å². The summed E-state index contributed by atoms with van der Waals surface area (Å²) in [5.41, 5.74) is 0. The number of nitrogens with zero attached hydrogens (tertiary/aromatic N) is 1. The lowest BCUT2D eigenvalue weighted by Gasteiger charge is -2.44. The van der Waals surface area contributed by atoms with Gasteiger partial charge in [0, 0.05) is 52.6 Å². The number of ketones is 1. The number of esters is 4. The van der Waals surface area contributed by atoms with E-state index in [-0.39, 0.29) is 18.6 Å². The molecule has 11 nitrogen and oxygen atoms in total. The highest BCUT2D eigenvalue weighted by atomic mass is 32.1. The third-order valence-electron chi connectivity index (χ3n) is 4.48. The van der Waals surface area contributed by atoms with E-state index in [2.05, 4.69) is 4.98 Å². The molecule has 1 aromatic heterocycles. The summed E-state index contributed by atoms with van der Waals surface area (Å²) in [7, 11) is 0. The second kappa shape index (κ2) is 11.8. The smallest absolute Gasteiger partial charge is 0.303 e. The molecule has 1 aliphatic rings. The second-order valence-electron chi connectivity index (χ2n) is 6.97. The number of carbonyl (C=O) groups excluding carboxylic acids is 5. The van der Waals surface area contributed by atoms with Crippen LogP contribution >= 0.6 is 11.3 Å². The second-order valence-corrected chi connectivity index (χ2v) is 8.09. The molecule has 0 saturated carbocycles. The van der Waals surface area contributed by atoms with Crippen molar-refractivity contribution >= 4 is 41.0 Å². The molecule has 0 N–H and O–H groups in total. The van der Waals surface area contributed by atoms with Crippen molar-refractivity contribution in [2.24, 2.45) is 0 Å². The van der Waals surface area contributed by atoms with Gasteiger partial charge >= 0.3 is 23.9 Å². The van der Waals surface area contributed by atoms with Crippen LogP contribution in [0, 0.1) is 0 Å². The Hall–Kier alpha value is -2.86. The SMILES string of the molecule is [2H]CC(=O)OC[C@H]1OC(CCc2ncc(C(C)=O)s2)[C@@H](OC(=O)C[2H])[C@@H](OC(=O)C[2H])[C@@H]1OC(=O)C[2H]. The minimum absolute atomic E-state index is 0.0950. The molecule has 2 heterocycles. The Morgan fingerprint density at radius 2 is 1.52 bits per heavy atom. The molecule has 0 radical (unpaired) electrons. The van der Waals surface area contributed by atoms with Gasteiger partial charge < -0.3 is 23.7 Å². The summed E-state index contributed by atoms with van der Waals surface area (Å²) in [6.45, 7) is -2.23. The van der Waals surface area contributed by atoms with Crippen LogP contribution in [-0.2, 0) is 49.3 Å². The van der Waals surface area contributed by atoms with Crippen LogP contribution in [0.25, 0.3) is 0 Å². The minimum Gasteiger partial charge on any atom is -0.463 e. The molecule has 1 aromatic rings. The van der Waals surface area contributed by atoms with Gasteiger partial charge in [-0.1, -0.05) is 0 Å². The minimum atomic E-state index is -1.52. The van der Waals surface area contributed by atoms with Crippen LogP contribution in [0.3, 0.4) is 0 Å². The lowest BCUT2D eigenvalue weighted by Crippen LogP contribution is -2.62. The maximum atomic E-state index is 12.1. The van der Waals surface area contributed by atoms with E-state index in [1.54, 1.807) is 0 Å². The fourth-order valence-corrected chi connectivity index (χ4v) is 4.09. The fourth-order valence-electron chi connectivity index (χ4n) is 3.26. The van der Waals surface area contributed by atoms with Crippen molar-refractivity contribution in [3.05, 3.63) is 16.1 Å². The Morgan fingerprint density at radius 1 is 0.939 bits per heavy atom. The van der Waals surface area contributed by atoms with Gasteiger partial charge in [-0.25, -0.2) is 4.98 Å². The molecule has 1 saturated heterocycles. The van der Waals surface area contributed by atoms with Crippen molar-refractivity contribution < 1.29 is 53.1 Å². The molecular weight excluding hydrogens is 458 g/mol. The van der Waals surface area contributed by atoms with Crippen LogP contribution in [0.1, 0.15) is 61.1 Å². The fraction of sp³-hybridized carbons (Fsp3) is 0.619. The number of hydrogen-bond acceptors (Lipinski definition) is 12. The maximum Gasteiger partial charge on any atom is 0.303 e. The van der Waals surface area contributed by atoms with Gasteiger partial charge in [0.2, 0.25) is 0 Å². The number of thiazole rings is 1. The molecule has 1 unspecified atom stereocenters. The molecule has 1 aliphatic heterocycles. The summed E-state index contributed by atoms with van der Waals surface area (Å²) in [4.78, 5) is 64.0. The van der Waals surface area contributed by atoms with E-state index in [0.29, 0.717) is 9.88 Å². The third kappa shape index (κ3) is 7.90. The van der Waals surface area contributed by atoms with Gasteiger partial charge in [0.15, 0.2) is 24.1 Å². The van der Waals surface area contributed by atoms with Crippen LogP contribution in [0.5, 0.6) is 0 Å². The number of ether oxygens (including phenoxy) is 5. The lowest BCUT2D eigenvalue weighted by molar-refractivity contribution is -0.253. The Morgan fingerprint density at radius 3 is 2.06 bits per heavy atom. The topological polar surface area (TPSA) is 144 Å². The zero-order valence-corrected chi connectivity index (χ0v) is 18.7. The highest BCUT2D eigenvalue weighted by molar-refractivity contribution is 7.13. The average Bonchev–Trinajstić information content (AvgIpc) is 3.37. The van der Waals surface area contributed by atoms with Crippen LogP contribution < -0.4 is 0 Å². The molecular formula is C21H27NO10S. The Bertz CT molecular complexity index is 977. The van der Waals surface area contributed by atoms with E-state index >= 15 is 0 Å². The van der Waals surface area contributed by atoms with Crippen molar-refractivity contribution in [3.8, 4) is 0 Å². The van der Waals surface area contributed by atoms with Crippen LogP contribution in [0.2, 0.25) is 0 Å². The molecule has 182 valence electrons. The first-order chi connectivity index (χ1) is 17.6. The van der Waals surface area contributed by atoms with Crippen LogP contribution in [-0.4, -0.2) is 71.8 Å². The van der Waals surface area contributed by atoms with Gasteiger partial charge in [0.05, 0.1) is 16.0 Å². The van der Waals surface area contributed by atoms with E-state index in [9.17, 15) is 24.0 Å². The van der Waals surface area contributed by atoms with E-state index in [0.717, 1.165) is 11.3 Å². The third-order valence-corrected chi connectivity index (χ3v) is 5.64. The van der Waals surface area contributed by atoms with E-state index in [1.165, 1.54) is 13.1 Å². The maximum absolute atomic E-state index is 12.1. The molecule has 1 fully saturated rings. The molecule has 12 heteroatoms. The molecule has 5 atom stereocenters. The average molecular weight is 490 g/mol. The summed E-state index contributed by atoms with van der Waals surface area (Å²) < 4.78 is 55.9. The highest BCUT2D eigenvalue weighted by Crippen LogP contribution is 2.31. The molecule has 33 heavy (non-hydrogen) atoms. The summed E-state index contributed by atoms with van der Waals surface area (Å²) >= 11 is 1.15. The van der Waals surface area contributed by atoms with Gasteiger partial charge in [-0.05, 0) is 6.42 Å². The predicted molar refractivity (Wildman–Crippen MR) is 112 cm³/mol. The van der Waals surface area contributed by atoms with Gasteiger partial charge in [0.25, 0.3) is 0 Å². The number of carbonyl (C=O) groups is 5. The molecule has 0 aromatic carbocycles. The predicted octanol–water partition coefficient (Wildman–Crippen LogP) is 1.40. The first kappa shape index (κ1) is 20.7. The normalized spacial score (nSPS) is 26.0. The number of aromatic nitrogens is 1. The molecule has 2 rings (SSSR count). The van der Waals surface area contributed by atoms with Gasteiger partial charge in [-0.2, -0.15) is 0 Å². The van der Waals surface area contributed by atoms with Gasteiger partial charge in [-0.15, -0.1) is 11.3 Å². The van der Waals surface area contributed by atoms with Crippen LogP contribution in [0.4, 0.5) is 0 Å². The summed E-state index contributed by atoms with van der Waals surface area (Å²) in [5, 5.41) is 0.555. The summed E-state index contributed by atoms with van der Waals surface area (Å²) in [6.07, 6.45) is -4.98. The van der Waals surface area contributed by atoms with Crippen molar-refractivity contribution in [2.75, 3.05) is 6.61 Å². The summed E-state index contributed by atoms with van der Waals surface area (Å²) in [6, 6.07) is 0. The van der Waals surface area contributed by atoms with Crippen LogP contribution in [0.15, 0.2) is 6.20 Å². The number of aryl methyl sites for hydroxylation is 1. The molecule has 0 bridgehead atoms. The number of Topliss-reactive ketones (excluding diaryl/α,β-unsaturated/α-hetero) is 1. The highest BCUT2D eigenvalue weighted by Gasteiger charge is 2.51. The summed E-state index contributed by atoms with van der Waals surface area (Å²) in [5.74, 6) is -4.16. The standard InChI is InChI=1S/C21H27NO10S/c1-10(23)17-8-22-18(33-17)7-6-15-19(29-12(3)25)21(31-14(5)27)20(30-13(4)26)16(32-15)9-28-11(2)24/h8,15-16,19-21H,6-7,9H2,1-5H3/t15?,16-,19-,20-,21-/m1/s1/i2D,3D,4D,5D. The largest absolute Gasteiger partial charge is 0.463 e. The van der Waals surface area contributed by atoms with Crippen molar-refractivity contribution in [2.45, 2.75) is 77.9 Å². The van der Waals surface area contributed by atoms with Crippen molar-refractivity contribution in [1.29, 1.82) is 0 Å². The quantitative estimate of drug-likeness (QED) is 0.282. The van der Waals surface area contributed by atoms with Crippen molar-refractivity contribution in [3.63, 3.8) is 0 Å². The van der Waals surface area contributed by atoms with Gasteiger partial charge in [-0.3, -0.25) is 24.0 Å². The Labute approximate surface area is 200 Å². The number of hydrogen-bond donors (Lipinski definition) is 0. The first-order valence-corrected chi connectivity index (χ1v) is 10.5. The van der Waals surface area contributed by atoms with E-state index in [4.69, 9.17) is 29.2 Å².